The van der Waals surface area contributed by atoms with Crippen molar-refractivity contribution in [3.8, 4) is 0 Å². The molecule has 15 heavy (non-hydrogen) atoms. The second kappa shape index (κ2) is 4.04. The molecule has 0 bridgehead atoms. The fraction of sp³-hybridized carbons (Fsp3) is 1.00. The molecule has 2 rings (SSSR count). The minimum absolute atomic E-state index is 0.117. The molecule has 1 aliphatic carbocycles. The number of nitrogens with two attached hydrogens (primary N) is 1. The van der Waals surface area contributed by atoms with E-state index < -0.39 is 0 Å². The Morgan fingerprint density at radius 1 is 1.20 bits per heavy atom. The van der Waals surface area contributed by atoms with Crippen molar-refractivity contribution >= 4 is 0 Å². The van der Waals surface area contributed by atoms with Gasteiger partial charge in [-0.3, -0.25) is 0 Å². The monoisotopic (exact) mass is 213 g/mol. The summed E-state index contributed by atoms with van der Waals surface area (Å²) in [6, 6.07) is 0. The molecule has 2 unspecified atom stereocenters. The molecule has 0 aromatic rings. The van der Waals surface area contributed by atoms with Crippen LogP contribution >= 0.6 is 0 Å². The van der Waals surface area contributed by atoms with Crippen molar-refractivity contribution in [3.63, 3.8) is 0 Å². The van der Waals surface area contributed by atoms with Gasteiger partial charge in [0.15, 0.2) is 5.79 Å². The van der Waals surface area contributed by atoms with E-state index >= 15 is 0 Å². The fourth-order valence-electron chi connectivity index (χ4n) is 2.61. The molecule has 1 saturated carbocycles. The van der Waals surface area contributed by atoms with Gasteiger partial charge in [0, 0.05) is 19.4 Å². The topological polar surface area (TPSA) is 44.5 Å². The molecule has 2 aliphatic rings. The standard InChI is InChI=1S/C12H23NO2/c1-11(2)4-3-5-12(7-6-11)14-9-10(8-13)15-12/h10H,3-9,13H2,1-2H3. The lowest BCUT2D eigenvalue weighted by Crippen LogP contribution is -2.32. The van der Waals surface area contributed by atoms with Crippen LogP contribution in [0.25, 0.3) is 0 Å². The quantitative estimate of drug-likeness (QED) is 0.725. The molecular weight excluding hydrogens is 190 g/mol. The first kappa shape index (κ1) is 11.4. The molecule has 2 N–H and O–H groups in total. The van der Waals surface area contributed by atoms with Crippen molar-refractivity contribution in [2.75, 3.05) is 13.2 Å². The van der Waals surface area contributed by atoms with Crippen LogP contribution in [-0.4, -0.2) is 25.0 Å². The Labute approximate surface area is 92.3 Å². The van der Waals surface area contributed by atoms with Gasteiger partial charge in [-0.2, -0.15) is 0 Å². The maximum Gasteiger partial charge on any atom is 0.168 e. The second-order valence-electron chi connectivity index (χ2n) is 5.72. The summed E-state index contributed by atoms with van der Waals surface area (Å²) in [6.07, 6.45) is 5.83. The highest BCUT2D eigenvalue weighted by atomic mass is 16.7. The summed E-state index contributed by atoms with van der Waals surface area (Å²) in [4.78, 5) is 0. The Balaban J connectivity index is 1.99. The number of rotatable bonds is 1. The van der Waals surface area contributed by atoms with Crippen molar-refractivity contribution in [1.29, 1.82) is 0 Å². The molecule has 88 valence electrons. The van der Waals surface area contributed by atoms with Gasteiger partial charge in [-0.1, -0.05) is 13.8 Å². The third-order valence-corrected chi connectivity index (χ3v) is 3.77. The van der Waals surface area contributed by atoms with Gasteiger partial charge in [0.1, 0.15) is 0 Å². The molecule has 2 fully saturated rings. The average molecular weight is 213 g/mol. The van der Waals surface area contributed by atoms with Gasteiger partial charge < -0.3 is 15.2 Å². The van der Waals surface area contributed by atoms with Gasteiger partial charge in [0.2, 0.25) is 0 Å². The van der Waals surface area contributed by atoms with Crippen LogP contribution < -0.4 is 5.73 Å². The van der Waals surface area contributed by atoms with Crippen molar-refractivity contribution in [3.05, 3.63) is 0 Å². The maximum atomic E-state index is 5.97. The lowest BCUT2D eigenvalue weighted by atomic mass is 9.85. The first-order valence-electron chi connectivity index (χ1n) is 6.07. The predicted molar refractivity (Wildman–Crippen MR) is 59.5 cm³/mol. The normalized spacial score (nSPS) is 40.6. The van der Waals surface area contributed by atoms with Gasteiger partial charge >= 0.3 is 0 Å². The van der Waals surface area contributed by atoms with Crippen molar-refractivity contribution in [2.24, 2.45) is 11.1 Å². The van der Waals surface area contributed by atoms with Gasteiger partial charge in [-0.15, -0.1) is 0 Å². The summed E-state index contributed by atoms with van der Waals surface area (Å²) in [5.41, 5.74) is 6.05. The largest absolute Gasteiger partial charge is 0.347 e. The molecule has 1 spiro atoms. The van der Waals surface area contributed by atoms with Crippen molar-refractivity contribution in [2.45, 2.75) is 57.8 Å². The molecule has 1 saturated heterocycles. The van der Waals surface area contributed by atoms with E-state index in [0.717, 1.165) is 12.8 Å². The number of ether oxygens (including phenoxy) is 2. The molecule has 0 amide bonds. The van der Waals surface area contributed by atoms with E-state index in [1.165, 1.54) is 19.3 Å². The summed E-state index contributed by atoms with van der Waals surface area (Å²) in [5.74, 6) is -0.294. The zero-order valence-corrected chi connectivity index (χ0v) is 9.92. The predicted octanol–water partition coefficient (Wildman–Crippen LogP) is 2.05. The summed E-state index contributed by atoms with van der Waals surface area (Å²) in [7, 11) is 0. The van der Waals surface area contributed by atoms with Crippen LogP contribution in [0.2, 0.25) is 0 Å². The third-order valence-electron chi connectivity index (χ3n) is 3.77. The van der Waals surface area contributed by atoms with E-state index in [2.05, 4.69) is 13.8 Å². The van der Waals surface area contributed by atoms with Gasteiger partial charge in [0.25, 0.3) is 0 Å². The van der Waals surface area contributed by atoms with Crippen molar-refractivity contribution < 1.29 is 9.47 Å². The summed E-state index contributed by atoms with van der Waals surface area (Å²) >= 11 is 0. The number of hydrogen-bond donors (Lipinski definition) is 1. The highest BCUT2D eigenvalue weighted by molar-refractivity contribution is 4.86. The Bertz CT molecular complexity index is 230. The third kappa shape index (κ3) is 2.52. The molecule has 0 aromatic carbocycles. The lowest BCUT2D eigenvalue weighted by Gasteiger charge is -2.27. The number of hydrogen-bond acceptors (Lipinski definition) is 3. The summed E-state index contributed by atoms with van der Waals surface area (Å²) < 4.78 is 11.8. The average Bonchev–Trinajstić information content (AvgIpc) is 2.52. The Morgan fingerprint density at radius 3 is 2.67 bits per heavy atom. The fourth-order valence-corrected chi connectivity index (χ4v) is 2.61. The van der Waals surface area contributed by atoms with Crippen LogP contribution in [0.15, 0.2) is 0 Å². The first-order valence-corrected chi connectivity index (χ1v) is 6.07. The molecular formula is C12H23NO2. The van der Waals surface area contributed by atoms with Crippen LogP contribution in [0.5, 0.6) is 0 Å². The van der Waals surface area contributed by atoms with Crippen LogP contribution in [0.4, 0.5) is 0 Å². The van der Waals surface area contributed by atoms with Crippen LogP contribution in [0.3, 0.4) is 0 Å². The van der Waals surface area contributed by atoms with Crippen LogP contribution in [0, 0.1) is 5.41 Å². The SMILES string of the molecule is CC1(C)CCCC2(CC1)OCC(CN)O2. The highest BCUT2D eigenvalue weighted by Gasteiger charge is 2.43. The first-order chi connectivity index (χ1) is 7.05. The van der Waals surface area contributed by atoms with E-state index in [4.69, 9.17) is 15.2 Å². The van der Waals surface area contributed by atoms with E-state index in [-0.39, 0.29) is 11.9 Å². The van der Waals surface area contributed by atoms with Crippen molar-refractivity contribution in [1.82, 2.24) is 0 Å². The van der Waals surface area contributed by atoms with E-state index in [1.54, 1.807) is 0 Å². The molecule has 1 heterocycles. The zero-order valence-electron chi connectivity index (χ0n) is 9.92. The van der Waals surface area contributed by atoms with E-state index in [9.17, 15) is 0 Å². The van der Waals surface area contributed by atoms with Gasteiger partial charge in [-0.25, -0.2) is 0 Å². The highest BCUT2D eigenvalue weighted by Crippen LogP contribution is 2.42. The van der Waals surface area contributed by atoms with E-state index in [1.807, 2.05) is 0 Å². The van der Waals surface area contributed by atoms with Crippen LogP contribution in [0.1, 0.15) is 46.0 Å². The minimum atomic E-state index is -0.294. The summed E-state index contributed by atoms with van der Waals surface area (Å²) in [6.45, 7) is 5.92. The Hall–Kier alpha value is -0.120. The molecule has 3 heteroatoms. The second-order valence-corrected chi connectivity index (χ2v) is 5.72. The molecule has 3 nitrogen and oxygen atoms in total. The van der Waals surface area contributed by atoms with Gasteiger partial charge in [0.05, 0.1) is 12.7 Å². The summed E-state index contributed by atoms with van der Waals surface area (Å²) in [5, 5.41) is 0. The van der Waals surface area contributed by atoms with E-state index in [0.29, 0.717) is 18.6 Å². The van der Waals surface area contributed by atoms with Crippen LogP contribution in [-0.2, 0) is 9.47 Å². The lowest BCUT2D eigenvalue weighted by molar-refractivity contribution is -0.176. The molecule has 0 aromatic heterocycles. The maximum absolute atomic E-state index is 5.97. The van der Waals surface area contributed by atoms with Gasteiger partial charge in [-0.05, 0) is 24.7 Å². The smallest absolute Gasteiger partial charge is 0.168 e. The molecule has 0 radical (unpaired) electrons. The molecule has 1 aliphatic heterocycles. The zero-order chi connectivity index (χ0) is 10.9. The Morgan fingerprint density at radius 2 is 2.00 bits per heavy atom. The minimum Gasteiger partial charge on any atom is -0.347 e. The Kier molecular flexibility index (Phi) is 3.06. The molecule has 2 atom stereocenters.